The SMILES string of the molecule is C=C1C(=O)N(c2ccccc2C(C)C)C(=O)C2=CC=C3C(=O)N(c4ccccc4C(C)C)C(=O)C(=C)C3C12. The smallest absolute Gasteiger partial charge is 0.261 e. The number of hydrogen-bond acceptors (Lipinski definition) is 4. The molecule has 2 atom stereocenters. The molecule has 2 saturated heterocycles. The molecule has 1 aliphatic carbocycles. The minimum atomic E-state index is -0.833. The second-order valence-electron chi connectivity index (χ2n) is 10.6. The predicted molar refractivity (Wildman–Crippen MR) is 147 cm³/mol. The lowest BCUT2D eigenvalue weighted by atomic mass is 9.66. The zero-order valence-electron chi connectivity index (χ0n) is 22.0. The Hall–Kier alpha value is -4.32. The number of carbonyl (C=O) groups is 4. The van der Waals surface area contributed by atoms with Crippen LogP contribution in [0.2, 0.25) is 0 Å². The topological polar surface area (TPSA) is 74.8 Å². The Kier molecular flexibility index (Phi) is 6.14. The zero-order chi connectivity index (χ0) is 27.5. The first-order valence-corrected chi connectivity index (χ1v) is 12.8. The van der Waals surface area contributed by atoms with Crippen LogP contribution in [-0.4, -0.2) is 23.6 Å². The summed E-state index contributed by atoms with van der Waals surface area (Å²) >= 11 is 0. The minimum absolute atomic E-state index is 0.0812. The standard InChI is InChI=1S/C32H30N2O4/c1-17(2)21-11-7-9-13-25(21)33-29(35)19(5)27-23(31(33)37)15-16-24-28(27)20(6)30(36)34(32(24)38)26-14-10-8-12-22(26)18(3)4/h7-18,27-28H,5-6H2,1-4H3. The van der Waals surface area contributed by atoms with Crippen molar-refractivity contribution in [3.63, 3.8) is 0 Å². The lowest BCUT2D eigenvalue weighted by Gasteiger charge is -2.44. The van der Waals surface area contributed by atoms with Gasteiger partial charge in [0.2, 0.25) is 0 Å². The summed E-state index contributed by atoms with van der Waals surface area (Å²) in [5.74, 6) is -3.53. The molecule has 0 N–H and O–H groups in total. The second kappa shape index (κ2) is 9.21. The number of imide groups is 2. The normalized spacial score (nSPS) is 21.6. The van der Waals surface area contributed by atoms with Crippen LogP contribution in [0.25, 0.3) is 0 Å². The molecule has 2 aromatic rings. The van der Waals surface area contributed by atoms with Crippen LogP contribution in [0.15, 0.2) is 96.1 Å². The monoisotopic (exact) mass is 506 g/mol. The van der Waals surface area contributed by atoms with E-state index in [-0.39, 0.29) is 23.0 Å². The van der Waals surface area contributed by atoms with Crippen LogP contribution >= 0.6 is 0 Å². The van der Waals surface area contributed by atoms with Crippen molar-refractivity contribution >= 4 is 35.0 Å². The maximum absolute atomic E-state index is 13.8. The molecule has 6 heteroatoms. The highest BCUT2D eigenvalue weighted by atomic mass is 16.2. The first-order chi connectivity index (χ1) is 18.1. The van der Waals surface area contributed by atoms with E-state index < -0.39 is 35.5 Å². The Morgan fingerprint density at radius 1 is 0.579 bits per heavy atom. The third kappa shape index (κ3) is 3.63. The van der Waals surface area contributed by atoms with Crippen molar-refractivity contribution in [1.82, 2.24) is 0 Å². The summed E-state index contributed by atoms with van der Waals surface area (Å²) in [5.41, 5.74) is 3.70. The molecule has 192 valence electrons. The van der Waals surface area contributed by atoms with Gasteiger partial charge in [0, 0.05) is 34.1 Å². The molecule has 0 spiro atoms. The average Bonchev–Trinajstić information content (AvgIpc) is 2.90. The molecule has 2 fully saturated rings. The van der Waals surface area contributed by atoms with E-state index in [4.69, 9.17) is 0 Å². The molecule has 4 amide bonds. The van der Waals surface area contributed by atoms with Gasteiger partial charge in [0.05, 0.1) is 11.4 Å². The number of amides is 4. The first kappa shape index (κ1) is 25.3. The van der Waals surface area contributed by atoms with Crippen LogP contribution in [0.5, 0.6) is 0 Å². The van der Waals surface area contributed by atoms with Crippen LogP contribution in [0.4, 0.5) is 11.4 Å². The first-order valence-electron chi connectivity index (χ1n) is 12.8. The fourth-order valence-corrected chi connectivity index (χ4v) is 5.72. The number of fused-ring (bicyclic) bond motifs is 3. The maximum atomic E-state index is 13.8. The van der Waals surface area contributed by atoms with E-state index in [1.807, 2.05) is 52.0 Å². The van der Waals surface area contributed by atoms with Crippen molar-refractivity contribution in [2.24, 2.45) is 11.8 Å². The van der Waals surface area contributed by atoms with Crippen LogP contribution in [0.1, 0.15) is 50.7 Å². The number of nitrogens with zero attached hydrogens (tertiary/aromatic N) is 2. The Balaban J connectivity index is 1.61. The molecule has 2 heterocycles. The van der Waals surface area contributed by atoms with E-state index in [2.05, 4.69) is 13.2 Å². The third-order valence-electron chi connectivity index (χ3n) is 7.65. The van der Waals surface area contributed by atoms with Crippen molar-refractivity contribution in [1.29, 1.82) is 0 Å². The van der Waals surface area contributed by atoms with E-state index in [1.165, 1.54) is 9.80 Å². The maximum Gasteiger partial charge on any atom is 0.261 e. The van der Waals surface area contributed by atoms with Gasteiger partial charge in [-0.05, 0) is 35.1 Å². The molecule has 2 aromatic carbocycles. The Bertz CT molecular complexity index is 1390. The van der Waals surface area contributed by atoms with Crippen LogP contribution < -0.4 is 9.80 Å². The number of allylic oxidation sites excluding steroid dienone is 2. The highest BCUT2D eigenvalue weighted by molar-refractivity contribution is 6.32. The molecule has 38 heavy (non-hydrogen) atoms. The Morgan fingerprint density at radius 2 is 0.921 bits per heavy atom. The number of carbonyl (C=O) groups excluding carboxylic acids is 4. The van der Waals surface area contributed by atoms with E-state index >= 15 is 0 Å². The molecular formula is C32H30N2O4. The van der Waals surface area contributed by atoms with Gasteiger partial charge >= 0.3 is 0 Å². The molecule has 2 aliphatic heterocycles. The molecule has 0 saturated carbocycles. The van der Waals surface area contributed by atoms with Gasteiger partial charge in [-0.25, -0.2) is 9.80 Å². The van der Waals surface area contributed by atoms with E-state index in [1.54, 1.807) is 36.4 Å². The lowest BCUT2D eigenvalue weighted by Crippen LogP contribution is -2.54. The molecule has 2 unspecified atom stereocenters. The predicted octanol–water partition coefficient (Wildman–Crippen LogP) is 5.59. The zero-order valence-corrected chi connectivity index (χ0v) is 22.0. The van der Waals surface area contributed by atoms with E-state index in [0.717, 1.165) is 11.1 Å². The number of rotatable bonds is 4. The summed E-state index contributed by atoms with van der Waals surface area (Å²) in [6.07, 6.45) is 3.18. The molecular weight excluding hydrogens is 476 g/mol. The molecule has 6 nitrogen and oxygen atoms in total. The summed E-state index contributed by atoms with van der Waals surface area (Å²) in [5, 5.41) is 0. The van der Waals surface area contributed by atoms with Crippen LogP contribution in [0.3, 0.4) is 0 Å². The number of anilines is 2. The summed E-state index contributed by atoms with van der Waals surface area (Å²) in [6, 6.07) is 14.6. The molecule has 3 aliphatic rings. The second-order valence-corrected chi connectivity index (χ2v) is 10.6. The highest BCUT2D eigenvalue weighted by Gasteiger charge is 2.53. The molecule has 0 radical (unpaired) electrons. The molecule has 0 aromatic heterocycles. The van der Waals surface area contributed by atoms with Crippen LogP contribution in [-0.2, 0) is 19.2 Å². The van der Waals surface area contributed by atoms with E-state index in [0.29, 0.717) is 22.5 Å². The number of piperidine rings is 2. The van der Waals surface area contributed by atoms with Gasteiger partial charge < -0.3 is 0 Å². The van der Waals surface area contributed by atoms with Crippen LogP contribution in [0, 0.1) is 11.8 Å². The number of hydrogen-bond donors (Lipinski definition) is 0. The van der Waals surface area contributed by atoms with Gasteiger partial charge in [-0.1, -0.05) is 89.4 Å². The quantitative estimate of drug-likeness (QED) is 0.400. The fraction of sp³-hybridized carbons (Fsp3) is 0.250. The molecule has 5 rings (SSSR count). The van der Waals surface area contributed by atoms with Gasteiger partial charge in [0.15, 0.2) is 0 Å². The van der Waals surface area contributed by atoms with Crippen molar-refractivity contribution < 1.29 is 19.2 Å². The van der Waals surface area contributed by atoms with Gasteiger partial charge in [0.1, 0.15) is 0 Å². The summed E-state index contributed by atoms with van der Waals surface area (Å²) < 4.78 is 0. The van der Waals surface area contributed by atoms with Crippen molar-refractivity contribution in [2.45, 2.75) is 39.5 Å². The van der Waals surface area contributed by atoms with Gasteiger partial charge in [-0.3, -0.25) is 19.2 Å². The van der Waals surface area contributed by atoms with E-state index in [9.17, 15) is 19.2 Å². The Morgan fingerprint density at radius 3 is 1.26 bits per heavy atom. The third-order valence-corrected chi connectivity index (χ3v) is 7.65. The van der Waals surface area contributed by atoms with Gasteiger partial charge in [-0.2, -0.15) is 0 Å². The summed E-state index contributed by atoms with van der Waals surface area (Å²) in [6.45, 7) is 16.1. The molecule has 0 bridgehead atoms. The lowest BCUT2D eigenvalue weighted by molar-refractivity contribution is -0.128. The summed E-state index contributed by atoms with van der Waals surface area (Å²) in [7, 11) is 0. The van der Waals surface area contributed by atoms with Gasteiger partial charge in [-0.15, -0.1) is 0 Å². The average molecular weight is 507 g/mol. The van der Waals surface area contributed by atoms with Crippen molar-refractivity contribution in [2.75, 3.05) is 9.80 Å². The van der Waals surface area contributed by atoms with Crippen molar-refractivity contribution in [3.05, 3.63) is 107 Å². The minimum Gasteiger partial charge on any atom is -0.269 e. The number of para-hydroxylation sites is 2. The fourth-order valence-electron chi connectivity index (χ4n) is 5.72. The van der Waals surface area contributed by atoms with Crippen molar-refractivity contribution in [3.8, 4) is 0 Å². The van der Waals surface area contributed by atoms with Gasteiger partial charge in [0.25, 0.3) is 23.6 Å². The highest BCUT2D eigenvalue weighted by Crippen LogP contribution is 2.48. The Labute approximate surface area is 222 Å². The number of benzene rings is 2. The summed E-state index contributed by atoms with van der Waals surface area (Å²) in [4.78, 5) is 57.3. The largest absolute Gasteiger partial charge is 0.269 e.